The lowest BCUT2D eigenvalue weighted by Crippen LogP contribution is -2.37. The molecule has 36 heavy (non-hydrogen) atoms. The highest BCUT2D eigenvalue weighted by atomic mass is 32.2. The van der Waals surface area contributed by atoms with Gasteiger partial charge in [-0.05, 0) is 74.6 Å². The Labute approximate surface area is 218 Å². The predicted octanol–water partition coefficient (Wildman–Crippen LogP) is 5.55. The van der Waals surface area contributed by atoms with Crippen LogP contribution in [0.5, 0.6) is 0 Å². The molecule has 0 N–H and O–H groups in total. The normalized spacial score (nSPS) is 16.2. The molecule has 9 heteroatoms. The number of thiazole rings is 1. The minimum atomic E-state index is -3.60. The van der Waals surface area contributed by atoms with E-state index in [-0.39, 0.29) is 16.9 Å². The number of carbonyl (C=O) groups excluding carboxylic acids is 1. The monoisotopic (exact) mass is 529 g/mol. The highest BCUT2D eigenvalue weighted by molar-refractivity contribution is 7.89. The van der Waals surface area contributed by atoms with Crippen molar-refractivity contribution in [1.29, 1.82) is 0 Å². The van der Waals surface area contributed by atoms with Crippen molar-refractivity contribution >= 4 is 42.6 Å². The first kappa shape index (κ1) is 26.7. The van der Waals surface area contributed by atoms with Gasteiger partial charge in [0.05, 0.1) is 27.8 Å². The van der Waals surface area contributed by atoms with Crippen LogP contribution in [0, 0.1) is 13.8 Å². The van der Waals surface area contributed by atoms with E-state index in [0.717, 1.165) is 47.0 Å². The number of fused-ring (bicyclic) bond motifs is 1. The Hall–Kier alpha value is -2.33. The fourth-order valence-electron chi connectivity index (χ4n) is 4.58. The first-order chi connectivity index (χ1) is 17.2. The van der Waals surface area contributed by atoms with Gasteiger partial charge in [-0.1, -0.05) is 37.7 Å². The third kappa shape index (κ3) is 5.64. The number of anilines is 1. The van der Waals surface area contributed by atoms with Crippen molar-refractivity contribution in [2.24, 2.45) is 0 Å². The van der Waals surface area contributed by atoms with Crippen molar-refractivity contribution in [3.05, 3.63) is 53.1 Å². The Kier molecular flexibility index (Phi) is 8.44. The Bertz CT molecular complexity index is 1310. The van der Waals surface area contributed by atoms with Crippen molar-refractivity contribution in [2.45, 2.75) is 64.4 Å². The van der Waals surface area contributed by atoms with Gasteiger partial charge in [-0.25, -0.2) is 13.4 Å². The van der Waals surface area contributed by atoms with E-state index < -0.39 is 10.0 Å². The van der Waals surface area contributed by atoms with E-state index in [1.807, 2.05) is 26.8 Å². The smallest absolute Gasteiger partial charge is 0.260 e. The van der Waals surface area contributed by atoms with Gasteiger partial charge in [0.1, 0.15) is 0 Å². The van der Waals surface area contributed by atoms with Gasteiger partial charge in [-0.15, -0.1) is 0 Å². The summed E-state index contributed by atoms with van der Waals surface area (Å²) in [7, 11) is -3.60. The van der Waals surface area contributed by atoms with Gasteiger partial charge >= 0.3 is 0 Å². The molecule has 1 unspecified atom stereocenters. The van der Waals surface area contributed by atoms with Gasteiger partial charge in [0, 0.05) is 25.3 Å². The lowest BCUT2D eigenvalue weighted by Gasteiger charge is -2.23. The molecule has 0 bridgehead atoms. The lowest BCUT2D eigenvalue weighted by molar-refractivity contribution is 0.0917. The van der Waals surface area contributed by atoms with Crippen LogP contribution in [0.4, 0.5) is 5.13 Å². The predicted molar refractivity (Wildman–Crippen MR) is 146 cm³/mol. The number of nitrogens with zero attached hydrogens (tertiary/aromatic N) is 3. The molecule has 0 saturated carbocycles. The molecule has 0 radical (unpaired) electrons. The lowest BCUT2D eigenvalue weighted by atomic mass is 10.1. The summed E-state index contributed by atoms with van der Waals surface area (Å²) >= 11 is 1.50. The van der Waals surface area contributed by atoms with Crippen molar-refractivity contribution < 1.29 is 17.9 Å². The van der Waals surface area contributed by atoms with Crippen LogP contribution in [0.3, 0.4) is 0 Å². The highest BCUT2D eigenvalue weighted by Gasteiger charge is 2.28. The second-order valence-corrected chi connectivity index (χ2v) is 12.3. The summed E-state index contributed by atoms with van der Waals surface area (Å²) in [5.41, 5.74) is 3.57. The maximum Gasteiger partial charge on any atom is 0.260 e. The zero-order valence-corrected chi connectivity index (χ0v) is 23.1. The summed E-state index contributed by atoms with van der Waals surface area (Å²) in [4.78, 5) is 20.4. The first-order valence-electron chi connectivity index (χ1n) is 12.7. The number of rotatable bonds is 10. The molecule has 2 heterocycles. The van der Waals surface area contributed by atoms with Crippen LogP contribution in [-0.4, -0.2) is 56.0 Å². The zero-order valence-electron chi connectivity index (χ0n) is 21.5. The fourth-order valence-corrected chi connectivity index (χ4v) is 7.09. The average Bonchev–Trinajstić information content (AvgIpc) is 3.52. The second-order valence-electron chi connectivity index (χ2n) is 9.35. The van der Waals surface area contributed by atoms with E-state index in [0.29, 0.717) is 36.9 Å². The number of amides is 1. The summed E-state index contributed by atoms with van der Waals surface area (Å²) in [5, 5.41) is 0.632. The molecule has 0 aliphatic carbocycles. The molecular weight excluding hydrogens is 494 g/mol. The number of aromatic nitrogens is 1. The van der Waals surface area contributed by atoms with Gasteiger partial charge < -0.3 is 4.74 Å². The molecule has 1 saturated heterocycles. The highest BCUT2D eigenvalue weighted by Crippen LogP contribution is 2.33. The number of aryl methyl sites for hydroxylation is 2. The Morgan fingerprint density at radius 1 is 1.17 bits per heavy atom. The Morgan fingerprint density at radius 2 is 1.92 bits per heavy atom. The third-order valence-corrected chi connectivity index (χ3v) is 9.77. The maximum atomic E-state index is 13.7. The fraction of sp³-hybridized carbons (Fsp3) is 0.481. The number of unbranched alkanes of at least 4 members (excludes halogenated alkanes) is 1. The summed E-state index contributed by atoms with van der Waals surface area (Å²) in [6.45, 7) is 9.99. The number of benzene rings is 2. The average molecular weight is 530 g/mol. The van der Waals surface area contributed by atoms with Gasteiger partial charge in [0.15, 0.2) is 5.13 Å². The molecule has 194 valence electrons. The maximum absolute atomic E-state index is 13.7. The molecule has 1 fully saturated rings. The quantitative estimate of drug-likeness (QED) is 0.344. The summed E-state index contributed by atoms with van der Waals surface area (Å²) in [6.07, 6.45) is 3.56. The number of hydrogen-bond donors (Lipinski definition) is 0. The van der Waals surface area contributed by atoms with E-state index in [4.69, 9.17) is 9.72 Å². The van der Waals surface area contributed by atoms with Crippen LogP contribution in [0.15, 0.2) is 41.3 Å². The topological polar surface area (TPSA) is 79.8 Å². The van der Waals surface area contributed by atoms with Gasteiger partial charge in [-0.3, -0.25) is 9.69 Å². The minimum absolute atomic E-state index is 0.0416. The molecule has 2 aromatic carbocycles. The van der Waals surface area contributed by atoms with Crippen LogP contribution in [-0.2, 0) is 14.8 Å². The molecule has 4 rings (SSSR count). The Balaban J connectivity index is 1.64. The van der Waals surface area contributed by atoms with E-state index in [9.17, 15) is 13.2 Å². The first-order valence-corrected chi connectivity index (χ1v) is 14.9. The second kappa shape index (κ2) is 11.4. The summed E-state index contributed by atoms with van der Waals surface area (Å²) in [6, 6.07) is 10.4. The van der Waals surface area contributed by atoms with Gasteiger partial charge in [0.25, 0.3) is 5.91 Å². The summed E-state index contributed by atoms with van der Waals surface area (Å²) in [5.74, 6) is -0.207. The number of sulfonamides is 1. The van der Waals surface area contributed by atoms with Gasteiger partial charge in [-0.2, -0.15) is 4.31 Å². The molecule has 0 spiro atoms. The van der Waals surface area contributed by atoms with Crippen molar-refractivity contribution in [2.75, 3.05) is 31.1 Å². The zero-order chi connectivity index (χ0) is 25.9. The van der Waals surface area contributed by atoms with Crippen molar-refractivity contribution in [3.8, 4) is 0 Å². The minimum Gasteiger partial charge on any atom is -0.376 e. The van der Waals surface area contributed by atoms with Crippen molar-refractivity contribution in [3.63, 3.8) is 0 Å². The summed E-state index contributed by atoms with van der Waals surface area (Å²) < 4.78 is 34.6. The third-order valence-electron chi connectivity index (χ3n) is 6.55. The largest absolute Gasteiger partial charge is 0.376 e. The van der Waals surface area contributed by atoms with E-state index in [1.165, 1.54) is 27.8 Å². The van der Waals surface area contributed by atoms with E-state index in [1.54, 1.807) is 17.0 Å². The molecule has 1 atom stereocenters. The van der Waals surface area contributed by atoms with E-state index >= 15 is 0 Å². The standard InChI is InChI=1S/C27H35N3O4S2/c1-5-7-14-29(6-2)36(32,33)23-12-10-21(11-13-23)26(31)30(18-22-9-8-15-34-22)27-28-24-17-19(3)16-20(4)25(24)35-27/h10-13,16-17,22H,5-9,14-15,18H2,1-4H3. The molecule has 1 aliphatic heterocycles. The number of ether oxygens (including phenoxy) is 1. The SMILES string of the molecule is CCCCN(CC)S(=O)(=O)c1ccc(C(=O)N(CC2CCCO2)c2nc3cc(C)cc(C)c3s2)cc1. The van der Waals surface area contributed by atoms with Crippen LogP contribution in [0.1, 0.15) is 61.0 Å². The molecule has 1 amide bonds. The van der Waals surface area contributed by atoms with Crippen LogP contribution < -0.4 is 4.90 Å². The van der Waals surface area contributed by atoms with Gasteiger partial charge in [0.2, 0.25) is 10.0 Å². The number of hydrogen-bond acceptors (Lipinski definition) is 6. The molecule has 3 aromatic rings. The van der Waals surface area contributed by atoms with Crippen LogP contribution in [0.2, 0.25) is 0 Å². The molecular formula is C27H35N3O4S2. The van der Waals surface area contributed by atoms with Crippen molar-refractivity contribution in [1.82, 2.24) is 9.29 Å². The van der Waals surface area contributed by atoms with Crippen LogP contribution in [0.25, 0.3) is 10.2 Å². The van der Waals surface area contributed by atoms with E-state index in [2.05, 4.69) is 13.0 Å². The Morgan fingerprint density at radius 3 is 2.56 bits per heavy atom. The molecule has 1 aliphatic rings. The number of carbonyl (C=O) groups is 1. The molecule has 1 aromatic heterocycles. The van der Waals surface area contributed by atoms with Crippen LogP contribution >= 0.6 is 11.3 Å². The molecule has 7 nitrogen and oxygen atoms in total.